The third-order valence-corrected chi connectivity index (χ3v) is 7.50. The van der Waals surface area contributed by atoms with E-state index >= 15 is 0 Å². The summed E-state index contributed by atoms with van der Waals surface area (Å²) >= 11 is 6.26. The molecular weight excluding hydrogens is 466 g/mol. The van der Waals surface area contributed by atoms with Crippen molar-refractivity contribution in [1.29, 1.82) is 0 Å². The van der Waals surface area contributed by atoms with Crippen molar-refractivity contribution in [3.8, 4) is 0 Å². The van der Waals surface area contributed by atoms with Gasteiger partial charge in [-0.15, -0.1) is 0 Å². The smallest absolute Gasteiger partial charge is 0.269 e. The Balaban J connectivity index is 1.88. The zero-order chi connectivity index (χ0) is 24.3. The first-order valence-corrected chi connectivity index (χ1v) is 12.3. The van der Waals surface area contributed by atoms with E-state index in [0.29, 0.717) is 21.4 Å². The fourth-order valence-corrected chi connectivity index (χ4v) is 5.16. The van der Waals surface area contributed by atoms with Crippen LogP contribution >= 0.6 is 11.6 Å². The molecule has 33 heavy (non-hydrogen) atoms. The average molecular weight is 492 g/mol. The molecular formula is C23H26ClN3O5S. The van der Waals surface area contributed by atoms with E-state index in [1.807, 2.05) is 13.8 Å². The van der Waals surface area contributed by atoms with Crippen molar-refractivity contribution in [2.45, 2.75) is 38.3 Å². The highest BCUT2D eigenvalue weighted by Crippen LogP contribution is 2.30. The van der Waals surface area contributed by atoms with Gasteiger partial charge in [0.15, 0.2) is 0 Å². The lowest BCUT2D eigenvalue weighted by Crippen LogP contribution is -2.51. The second-order valence-electron chi connectivity index (χ2n) is 8.24. The van der Waals surface area contributed by atoms with E-state index in [1.54, 1.807) is 37.3 Å². The summed E-state index contributed by atoms with van der Waals surface area (Å²) in [7, 11) is -4.16. The predicted octanol–water partition coefficient (Wildman–Crippen LogP) is 2.67. The quantitative estimate of drug-likeness (QED) is 0.611. The van der Waals surface area contributed by atoms with E-state index in [9.17, 15) is 22.8 Å². The maximum absolute atomic E-state index is 13.3. The molecule has 1 heterocycles. The first-order chi connectivity index (χ1) is 15.5. The molecule has 8 nitrogen and oxygen atoms in total. The minimum atomic E-state index is -4.16. The van der Waals surface area contributed by atoms with Crippen molar-refractivity contribution in [1.82, 2.24) is 14.5 Å². The molecule has 1 aliphatic rings. The number of hydrogen-bond acceptors (Lipinski definition) is 5. The fraction of sp³-hybridized carbons (Fsp3) is 0.348. The van der Waals surface area contributed by atoms with Crippen molar-refractivity contribution in [2.75, 3.05) is 13.1 Å². The Hall–Kier alpha value is -2.91. The summed E-state index contributed by atoms with van der Waals surface area (Å²) in [5, 5.41) is 3.19. The molecule has 0 saturated carbocycles. The molecule has 3 amide bonds. The molecule has 0 unspecified atom stereocenters. The highest BCUT2D eigenvalue weighted by molar-refractivity contribution is 7.90. The molecule has 0 aromatic heterocycles. The van der Waals surface area contributed by atoms with Crippen LogP contribution < -0.4 is 5.32 Å². The molecule has 1 atom stereocenters. The summed E-state index contributed by atoms with van der Waals surface area (Å²) in [6, 6.07) is 11.8. The maximum atomic E-state index is 13.3. The van der Waals surface area contributed by atoms with Crippen molar-refractivity contribution >= 4 is 39.3 Å². The van der Waals surface area contributed by atoms with Crippen LogP contribution in [-0.4, -0.2) is 54.5 Å². The number of nitrogens with one attached hydrogen (secondary N) is 1. The lowest BCUT2D eigenvalue weighted by molar-refractivity contribution is -0.140. The number of nitrogens with zero attached hydrogens (tertiary/aromatic N) is 2. The molecule has 2 aromatic rings. The molecule has 1 N–H and O–H groups in total. The first-order valence-electron chi connectivity index (χ1n) is 10.5. The number of rotatable bonds is 8. The molecule has 176 valence electrons. The van der Waals surface area contributed by atoms with Gasteiger partial charge in [0.05, 0.1) is 5.56 Å². The standard InChI is InChI=1S/C23H26ClN3O5S/c1-15(2)12-25-22(29)16(3)26(13-17-8-4-6-10-19(17)24)21(28)14-27-23(30)18-9-5-7-11-20(18)33(27,31)32/h4-11,15-16H,12-14H2,1-3H3,(H,25,29)/t16-/m1/s1. The van der Waals surface area contributed by atoms with E-state index in [4.69, 9.17) is 11.6 Å². The van der Waals surface area contributed by atoms with Gasteiger partial charge in [0.1, 0.15) is 17.5 Å². The highest BCUT2D eigenvalue weighted by atomic mass is 35.5. The van der Waals surface area contributed by atoms with Crippen LogP contribution in [0.25, 0.3) is 0 Å². The Kier molecular flexibility index (Phi) is 7.44. The fourth-order valence-electron chi connectivity index (χ4n) is 3.45. The van der Waals surface area contributed by atoms with Crippen LogP contribution in [0.1, 0.15) is 36.7 Å². The molecule has 0 bridgehead atoms. The number of fused-ring (bicyclic) bond motifs is 1. The van der Waals surface area contributed by atoms with Crippen LogP contribution in [0.3, 0.4) is 0 Å². The lowest BCUT2D eigenvalue weighted by atomic mass is 10.1. The van der Waals surface area contributed by atoms with Crippen molar-refractivity contribution in [3.05, 3.63) is 64.7 Å². The Morgan fingerprint density at radius 2 is 1.70 bits per heavy atom. The van der Waals surface area contributed by atoms with Gasteiger partial charge in [-0.25, -0.2) is 12.7 Å². The molecule has 1 aliphatic heterocycles. The van der Waals surface area contributed by atoms with Gasteiger partial charge >= 0.3 is 0 Å². The van der Waals surface area contributed by atoms with Crippen LogP contribution in [0, 0.1) is 5.92 Å². The van der Waals surface area contributed by atoms with E-state index in [1.165, 1.54) is 23.1 Å². The zero-order valence-corrected chi connectivity index (χ0v) is 20.2. The molecule has 0 aliphatic carbocycles. The number of halogens is 1. The van der Waals surface area contributed by atoms with Gasteiger partial charge in [-0.1, -0.05) is 55.8 Å². The zero-order valence-electron chi connectivity index (χ0n) is 18.6. The normalized spacial score (nSPS) is 15.3. The third kappa shape index (κ3) is 5.20. The summed E-state index contributed by atoms with van der Waals surface area (Å²) in [6.07, 6.45) is 0. The number of carbonyl (C=O) groups is 3. The predicted molar refractivity (Wildman–Crippen MR) is 124 cm³/mol. The Morgan fingerprint density at radius 1 is 1.06 bits per heavy atom. The van der Waals surface area contributed by atoms with Crippen molar-refractivity contribution in [2.24, 2.45) is 5.92 Å². The van der Waals surface area contributed by atoms with Gasteiger partial charge in [0.2, 0.25) is 11.8 Å². The van der Waals surface area contributed by atoms with Crippen LogP contribution in [0.4, 0.5) is 0 Å². The second-order valence-corrected chi connectivity index (χ2v) is 10.5. The van der Waals surface area contributed by atoms with E-state index < -0.39 is 34.4 Å². The SMILES string of the molecule is CC(C)CNC(=O)[C@@H](C)N(Cc1ccccc1Cl)C(=O)CN1C(=O)c2ccccc2S1(=O)=O. The van der Waals surface area contributed by atoms with Gasteiger partial charge in [0.25, 0.3) is 15.9 Å². The molecule has 0 spiro atoms. The molecule has 0 radical (unpaired) electrons. The van der Waals surface area contributed by atoms with Crippen LogP contribution in [0.5, 0.6) is 0 Å². The Bertz CT molecular complexity index is 1180. The van der Waals surface area contributed by atoms with Gasteiger partial charge in [-0.3, -0.25) is 14.4 Å². The number of sulfonamides is 1. The molecule has 0 saturated heterocycles. The van der Waals surface area contributed by atoms with Crippen molar-refractivity contribution in [3.63, 3.8) is 0 Å². The number of benzene rings is 2. The Morgan fingerprint density at radius 3 is 2.33 bits per heavy atom. The summed E-state index contributed by atoms with van der Waals surface area (Å²) in [6.45, 7) is 5.12. The minimum absolute atomic E-state index is 0.0191. The summed E-state index contributed by atoms with van der Waals surface area (Å²) < 4.78 is 26.3. The van der Waals surface area contributed by atoms with Crippen molar-refractivity contribution < 1.29 is 22.8 Å². The minimum Gasteiger partial charge on any atom is -0.354 e. The van der Waals surface area contributed by atoms with E-state index in [0.717, 1.165) is 0 Å². The summed E-state index contributed by atoms with van der Waals surface area (Å²) in [5.41, 5.74) is 0.612. The van der Waals surface area contributed by atoms with Gasteiger partial charge < -0.3 is 10.2 Å². The van der Waals surface area contributed by atoms with Crippen LogP contribution in [-0.2, 0) is 26.2 Å². The molecule has 2 aromatic carbocycles. The number of carbonyl (C=O) groups excluding carboxylic acids is 3. The average Bonchev–Trinajstić information content (AvgIpc) is 2.97. The first kappa shape index (κ1) is 24.7. The monoisotopic (exact) mass is 491 g/mol. The Labute approximate surface area is 198 Å². The second kappa shape index (κ2) is 9.93. The lowest BCUT2D eigenvalue weighted by Gasteiger charge is -2.30. The largest absolute Gasteiger partial charge is 0.354 e. The van der Waals surface area contributed by atoms with Crippen LogP contribution in [0.15, 0.2) is 53.4 Å². The highest BCUT2D eigenvalue weighted by Gasteiger charge is 2.43. The number of hydrogen-bond donors (Lipinski definition) is 1. The maximum Gasteiger partial charge on any atom is 0.269 e. The van der Waals surface area contributed by atoms with Gasteiger partial charge in [0, 0.05) is 18.1 Å². The molecule has 3 rings (SSSR count). The topological polar surface area (TPSA) is 104 Å². The van der Waals surface area contributed by atoms with Gasteiger partial charge in [-0.2, -0.15) is 0 Å². The van der Waals surface area contributed by atoms with Gasteiger partial charge in [-0.05, 0) is 36.6 Å². The summed E-state index contributed by atoms with van der Waals surface area (Å²) in [4.78, 5) is 39.9. The van der Waals surface area contributed by atoms with E-state index in [2.05, 4.69) is 5.32 Å². The molecule has 10 heteroatoms. The number of amides is 3. The third-order valence-electron chi connectivity index (χ3n) is 5.34. The molecule has 0 fully saturated rings. The summed E-state index contributed by atoms with van der Waals surface area (Å²) in [5.74, 6) is -1.64. The van der Waals surface area contributed by atoms with Crippen LogP contribution in [0.2, 0.25) is 5.02 Å². The van der Waals surface area contributed by atoms with E-state index in [-0.39, 0.29) is 28.8 Å².